The molecule has 2 rings (SSSR count). The molecule has 1 aromatic rings. The lowest BCUT2D eigenvalue weighted by atomic mass is 9.85. The predicted octanol–water partition coefficient (Wildman–Crippen LogP) is 2.21. The first-order valence-electron chi connectivity index (χ1n) is 7.29. The van der Waals surface area contributed by atoms with E-state index in [0.29, 0.717) is 12.3 Å². The standard InChI is InChI=1S/C16H24N2O/c1-2-18(12-14-9-6-10-14)16(19)15(17)11-13-7-4-3-5-8-13/h3-5,7-8,14-15H,2,6,9-12,17H2,1H3/t15-/m1/s1. The van der Waals surface area contributed by atoms with Crippen LogP contribution < -0.4 is 5.73 Å². The minimum atomic E-state index is -0.414. The van der Waals surface area contributed by atoms with Gasteiger partial charge in [-0.05, 0) is 37.7 Å². The fourth-order valence-electron chi connectivity index (χ4n) is 2.55. The Hall–Kier alpha value is -1.35. The molecule has 0 radical (unpaired) electrons. The molecule has 1 aliphatic carbocycles. The first-order chi connectivity index (χ1) is 9.20. The van der Waals surface area contributed by atoms with Crippen molar-refractivity contribution in [3.63, 3.8) is 0 Å². The van der Waals surface area contributed by atoms with Crippen molar-refractivity contribution in [2.75, 3.05) is 13.1 Å². The highest BCUT2D eigenvalue weighted by molar-refractivity contribution is 5.82. The van der Waals surface area contributed by atoms with Gasteiger partial charge in [0.25, 0.3) is 0 Å². The molecule has 1 aliphatic rings. The summed E-state index contributed by atoms with van der Waals surface area (Å²) in [4.78, 5) is 14.3. The van der Waals surface area contributed by atoms with Crippen LogP contribution in [0.4, 0.5) is 0 Å². The third-order valence-electron chi connectivity index (χ3n) is 4.01. The molecule has 0 spiro atoms. The highest BCUT2D eigenvalue weighted by Gasteiger charge is 2.25. The number of benzene rings is 1. The van der Waals surface area contributed by atoms with Crippen LogP contribution in [0.15, 0.2) is 30.3 Å². The van der Waals surface area contributed by atoms with E-state index in [1.807, 2.05) is 42.2 Å². The molecule has 1 amide bonds. The Morgan fingerprint density at radius 3 is 2.58 bits per heavy atom. The summed E-state index contributed by atoms with van der Waals surface area (Å²) in [6.45, 7) is 3.68. The third-order valence-corrected chi connectivity index (χ3v) is 4.01. The molecule has 2 N–H and O–H groups in total. The molecular formula is C16H24N2O. The molecule has 104 valence electrons. The number of hydrogen-bond donors (Lipinski definition) is 1. The summed E-state index contributed by atoms with van der Waals surface area (Å²) < 4.78 is 0. The zero-order valence-electron chi connectivity index (χ0n) is 11.7. The van der Waals surface area contributed by atoms with E-state index in [0.717, 1.165) is 18.7 Å². The SMILES string of the molecule is CCN(CC1CCC1)C(=O)[C@H](N)Cc1ccccc1. The Bertz CT molecular complexity index is 400. The summed E-state index contributed by atoms with van der Waals surface area (Å²) in [5.74, 6) is 0.797. The molecule has 0 unspecified atom stereocenters. The second-order valence-corrected chi connectivity index (χ2v) is 5.47. The molecule has 0 saturated heterocycles. The number of carbonyl (C=O) groups excluding carboxylic acids is 1. The van der Waals surface area contributed by atoms with E-state index in [9.17, 15) is 4.79 Å². The average Bonchev–Trinajstić information content (AvgIpc) is 2.38. The van der Waals surface area contributed by atoms with Gasteiger partial charge in [-0.25, -0.2) is 0 Å². The van der Waals surface area contributed by atoms with E-state index in [-0.39, 0.29) is 5.91 Å². The Kier molecular flexibility index (Phi) is 4.97. The van der Waals surface area contributed by atoms with Crippen LogP contribution in [0.3, 0.4) is 0 Å². The van der Waals surface area contributed by atoms with Gasteiger partial charge in [-0.3, -0.25) is 4.79 Å². The summed E-state index contributed by atoms with van der Waals surface area (Å²) in [6, 6.07) is 9.58. The van der Waals surface area contributed by atoms with Crippen LogP contribution in [0.25, 0.3) is 0 Å². The average molecular weight is 260 g/mol. The van der Waals surface area contributed by atoms with E-state index in [1.165, 1.54) is 19.3 Å². The van der Waals surface area contributed by atoms with Crippen molar-refractivity contribution >= 4 is 5.91 Å². The maximum Gasteiger partial charge on any atom is 0.239 e. The lowest BCUT2D eigenvalue weighted by Crippen LogP contribution is -2.47. The molecule has 0 heterocycles. The van der Waals surface area contributed by atoms with E-state index < -0.39 is 6.04 Å². The monoisotopic (exact) mass is 260 g/mol. The van der Waals surface area contributed by atoms with E-state index in [4.69, 9.17) is 5.73 Å². The van der Waals surface area contributed by atoms with Crippen LogP contribution in [0, 0.1) is 5.92 Å². The first-order valence-corrected chi connectivity index (χ1v) is 7.29. The summed E-state index contributed by atoms with van der Waals surface area (Å²) >= 11 is 0. The second-order valence-electron chi connectivity index (χ2n) is 5.47. The number of carbonyl (C=O) groups is 1. The van der Waals surface area contributed by atoms with Crippen LogP contribution in [0.2, 0.25) is 0 Å². The largest absolute Gasteiger partial charge is 0.341 e. The number of rotatable bonds is 6. The molecule has 3 nitrogen and oxygen atoms in total. The topological polar surface area (TPSA) is 46.3 Å². The van der Waals surface area contributed by atoms with Gasteiger partial charge in [0.1, 0.15) is 0 Å². The van der Waals surface area contributed by atoms with Crippen molar-refractivity contribution in [3.8, 4) is 0 Å². The van der Waals surface area contributed by atoms with Gasteiger partial charge in [-0.1, -0.05) is 36.8 Å². The summed E-state index contributed by atoms with van der Waals surface area (Å²) in [7, 11) is 0. The highest BCUT2D eigenvalue weighted by Crippen LogP contribution is 2.27. The zero-order chi connectivity index (χ0) is 13.7. The van der Waals surface area contributed by atoms with Gasteiger partial charge in [0, 0.05) is 13.1 Å². The van der Waals surface area contributed by atoms with Crippen molar-refractivity contribution in [1.29, 1.82) is 0 Å². The number of nitrogens with zero attached hydrogens (tertiary/aromatic N) is 1. The van der Waals surface area contributed by atoms with Gasteiger partial charge in [0.15, 0.2) is 0 Å². The van der Waals surface area contributed by atoms with Gasteiger partial charge in [-0.15, -0.1) is 0 Å². The number of hydrogen-bond acceptors (Lipinski definition) is 2. The fourth-order valence-corrected chi connectivity index (χ4v) is 2.55. The summed E-state index contributed by atoms with van der Waals surface area (Å²) in [6.07, 6.45) is 4.46. The van der Waals surface area contributed by atoms with Gasteiger partial charge < -0.3 is 10.6 Å². The summed E-state index contributed by atoms with van der Waals surface area (Å²) in [5, 5.41) is 0. The van der Waals surface area contributed by atoms with Crippen molar-refractivity contribution in [1.82, 2.24) is 4.90 Å². The quantitative estimate of drug-likeness (QED) is 0.852. The maximum absolute atomic E-state index is 12.4. The molecule has 0 aromatic heterocycles. The van der Waals surface area contributed by atoms with Crippen molar-refractivity contribution < 1.29 is 4.79 Å². The normalized spacial score (nSPS) is 16.7. The maximum atomic E-state index is 12.4. The smallest absolute Gasteiger partial charge is 0.239 e. The minimum absolute atomic E-state index is 0.0956. The second kappa shape index (κ2) is 6.71. The molecule has 0 aliphatic heterocycles. The van der Waals surface area contributed by atoms with Crippen LogP contribution >= 0.6 is 0 Å². The predicted molar refractivity (Wildman–Crippen MR) is 77.7 cm³/mol. The van der Waals surface area contributed by atoms with Gasteiger partial charge in [0.2, 0.25) is 5.91 Å². The van der Waals surface area contributed by atoms with Gasteiger partial charge in [-0.2, -0.15) is 0 Å². The van der Waals surface area contributed by atoms with Crippen molar-refractivity contribution in [2.45, 2.75) is 38.6 Å². The third kappa shape index (κ3) is 3.80. The van der Waals surface area contributed by atoms with Crippen LogP contribution in [0.5, 0.6) is 0 Å². The Morgan fingerprint density at radius 2 is 2.05 bits per heavy atom. The Balaban J connectivity index is 1.89. The molecule has 1 atom stereocenters. The summed E-state index contributed by atoms with van der Waals surface area (Å²) in [5.41, 5.74) is 7.20. The first kappa shape index (κ1) is 14.1. The fraction of sp³-hybridized carbons (Fsp3) is 0.562. The minimum Gasteiger partial charge on any atom is -0.341 e. The lowest BCUT2D eigenvalue weighted by molar-refractivity contribution is -0.133. The van der Waals surface area contributed by atoms with E-state index in [1.54, 1.807) is 0 Å². The Morgan fingerprint density at radius 1 is 1.37 bits per heavy atom. The van der Waals surface area contributed by atoms with E-state index >= 15 is 0 Å². The van der Waals surface area contributed by atoms with Gasteiger partial charge in [0.05, 0.1) is 6.04 Å². The molecule has 1 aromatic carbocycles. The number of likely N-dealkylation sites (N-methyl/N-ethyl adjacent to an activating group) is 1. The van der Waals surface area contributed by atoms with Crippen LogP contribution in [-0.2, 0) is 11.2 Å². The molecule has 0 bridgehead atoms. The highest BCUT2D eigenvalue weighted by atomic mass is 16.2. The molecule has 19 heavy (non-hydrogen) atoms. The Labute approximate surface area is 115 Å². The van der Waals surface area contributed by atoms with Gasteiger partial charge >= 0.3 is 0 Å². The zero-order valence-corrected chi connectivity index (χ0v) is 11.7. The van der Waals surface area contributed by atoms with Crippen molar-refractivity contribution in [3.05, 3.63) is 35.9 Å². The molecular weight excluding hydrogens is 236 g/mol. The lowest BCUT2D eigenvalue weighted by Gasteiger charge is -2.33. The number of nitrogens with two attached hydrogens (primary N) is 1. The molecule has 1 fully saturated rings. The van der Waals surface area contributed by atoms with Crippen LogP contribution in [-0.4, -0.2) is 29.9 Å². The molecule has 1 saturated carbocycles. The molecule has 3 heteroatoms. The van der Waals surface area contributed by atoms with Crippen molar-refractivity contribution in [2.24, 2.45) is 11.7 Å². The van der Waals surface area contributed by atoms with E-state index in [2.05, 4.69) is 0 Å². The van der Waals surface area contributed by atoms with Crippen LogP contribution in [0.1, 0.15) is 31.7 Å². The number of amides is 1.